The second-order valence-electron chi connectivity index (χ2n) is 4.43. The molecule has 0 saturated heterocycles. The summed E-state index contributed by atoms with van der Waals surface area (Å²) in [6.45, 7) is 8.38. The monoisotopic (exact) mass is 299 g/mol. The van der Waals surface area contributed by atoms with E-state index in [0.29, 0.717) is 19.5 Å². The summed E-state index contributed by atoms with van der Waals surface area (Å²) >= 11 is 1.53. The third kappa shape index (κ3) is 4.10. The zero-order chi connectivity index (χ0) is 15.1. The van der Waals surface area contributed by atoms with Gasteiger partial charge in [-0.05, 0) is 12.1 Å². The van der Waals surface area contributed by atoms with Crippen LogP contribution in [0.25, 0.3) is 10.6 Å². The SMILES string of the molecule is C=CCN(CC=C)C(=O)Cc1csc(-c2ccncc2)n1. The molecule has 21 heavy (non-hydrogen) atoms. The Hall–Kier alpha value is -2.27. The van der Waals surface area contributed by atoms with Crippen molar-refractivity contribution in [3.05, 3.63) is 60.9 Å². The van der Waals surface area contributed by atoms with E-state index in [0.717, 1.165) is 16.3 Å². The Kier molecular flexibility index (Phi) is 5.40. The van der Waals surface area contributed by atoms with E-state index in [1.165, 1.54) is 11.3 Å². The fraction of sp³-hybridized carbons (Fsp3) is 0.188. The van der Waals surface area contributed by atoms with Crippen LogP contribution in [0.2, 0.25) is 0 Å². The number of carbonyl (C=O) groups is 1. The van der Waals surface area contributed by atoms with Crippen LogP contribution in [-0.2, 0) is 11.2 Å². The van der Waals surface area contributed by atoms with Gasteiger partial charge in [0.2, 0.25) is 5.91 Å². The number of carbonyl (C=O) groups excluding carboxylic acids is 1. The molecule has 0 unspecified atom stereocenters. The van der Waals surface area contributed by atoms with E-state index < -0.39 is 0 Å². The highest BCUT2D eigenvalue weighted by atomic mass is 32.1. The standard InChI is InChI=1S/C16H17N3OS/c1-3-9-19(10-4-2)15(20)11-14-12-21-16(18-14)13-5-7-17-8-6-13/h3-8,12H,1-2,9-11H2. The molecule has 1 amide bonds. The topological polar surface area (TPSA) is 46.1 Å². The third-order valence-corrected chi connectivity index (χ3v) is 3.80. The molecule has 0 N–H and O–H groups in total. The Morgan fingerprint density at radius 2 is 1.90 bits per heavy atom. The smallest absolute Gasteiger partial charge is 0.229 e. The summed E-state index contributed by atoms with van der Waals surface area (Å²) in [6.07, 6.45) is 7.19. The van der Waals surface area contributed by atoms with Crippen LogP contribution in [0.4, 0.5) is 0 Å². The van der Waals surface area contributed by atoms with E-state index in [9.17, 15) is 4.79 Å². The van der Waals surface area contributed by atoms with Crippen LogP contribution < -0.4 is 0 Å². The van der Waals surface area contributed by atoms with Gasteiger partial charge in [-0.3, -0.25) is 9.78 Å². The van der Waals surface area contributed by atoms with Crippen molar-refractivity contribution >= 4 is 17.2 Å². The molecule has 4 nitrogen and oxygen atoms in total. The fourth-order valence-electron chi connectivity index (χ4n) is 1.87. The lowest BCUT2D eigenvalue weighted by Crippen LogP contribution is -2.32. The van der Waals surface area contributed by atoms with E-state index in [4.69, 9.17) is 0 Å². The van der Waals surface area contributed by atoms with E-state index in [1.807, 2.05) is 17.5 Å². The molecule has 2 rings (SSSR count). The Bertz CT molecular complexity index is 611. The number of pyridine rings is 1. The van der Waals surface area contributed by atoms with Crippen molar-refractivity contribution in [1.29, 1.82) is 0 Å². The van der Waals surface area contributed by atoms with E-state index >= 15 is 0 Å². The van der Waals surface area contributed by atoms with Gasteiger partial charge in [0.05, 0.1) is 12.1 Å². The van der Waals surface area contributed by atoms with Crippen LogP contribution >= 0.6 is 11.3 Å². The molecule has 0 saturated carbocycles. The number of hydrogen-bond donors (Lipinski definition) is 0. The number of aromatic nitrogens is 2. The number of rotatable bonds is 7. The van der Waals surface area contributed by atoms with Crippen LogP contribution in [0.15, 0.2) is 55.2 Å². The molecule has 108 valence electrons. The second-order valence-corrected chi connectivity index (χ2v) is 5.29. The van der Waals surface area contributed by atoms with Gasteiger partial charge in [-0.25, -0.2) is 4.98 Å². The predicted molar refractivity (Wildman–Crippen MR) is 86.0 cm³/mol. The second kappa shape index (κ2) is 7.50. The van der Waals surface area contributed by atoms with Crippen molar-refractivity contribution in [3.63, 3.8) is 0 Å². The van der Waals surface area contributed by atoms with E-state index in [2.05, 4.69) is 23.1 Å². The number of thiazole rings is 1. The zero-order valence-corrected chi connectivity index (χ0v) is 12.6. The van der Waals surface area contributed by atoms with Crippen molar-refractivity contribution in [1.82, 2.24) is 14.9 Å². The number of hydrogen-bond acceptors (Lipinski definition) is 4. The molecule has 0 atom stereocenters. The van der Waals surface area contributed by atoms with Crippen LogP contribution in [0, 0.1) is 0 Å². The average Bonchev–Trinajstić information content (AvgIpc) is 2.96. The van der Waals surface area contributed by atoms with Crippen LogP contribution in [0.3, 0.4) is 0 Å². The Morgan fingerprint density at radius 3 is 2.52 bits per heavy atom. The maximum Gasteiger partial charge on any atom is 0.229 e. The van der Waals surface area contributed by atoms with Crippen LogP contribution in [-0.4, -0.2) is 33.9 Å². The van der Waals surface area contributed by atoms with Gasteiger partial charge in [-0.1, -0.05) is 12.2 Å². The molecule has 0 aliphatic carbocycles. The summed E-state index contributed by atoms with van der Waals surface area (Å²) in [7, 11) is 0. The van der Waals surface area contributed by atoms with Gasteiger partial charge < -0.3 is 4.90 Å². The highest BCUT2D eigenvalue weighted by molar-refractivity contribution is 7.13. The molecule has 0 radical (unpaired) electrons. The Balaban J connectivity index is 2.06. The summed E-state index contributed by atoms with van der Waals surface area (Å²) in [5.74, 6) is 0.0291. The molecule has 0 bridgehead atoms. The first-order chi connectivity index (χ1) is 10.2. The normalized spacial score (nSPS) is 10.1. The molecule has 0 aliphatic heterocycles. The quantitative estimate of drug-likeness (QED) is 0.738. The van der Waals surface area contributed by atoms with Gasteiger partial charge in [0.15, 0.2) is 0 Å². The lowest BCUT2D eigenvalue weighted by atomic mass is 10.2. The van der Waals surface area contributed by atoms with Gasteiger partial charge in [0, 0.05) is 36.4 Å². The molecule has 0 fully saturated rings. The molecular weight excluding hydrogens is 282 g/mol. The summed E-state index contributed by atoms with van der Waals surface area (Å²) in [6, 6.07) is 3.82. The molecule has 0 aromatic carbocycles. The summed E-state index contributed by atoms with van der Waals surface area (Å²) in [4.78, 5) is 22.4. The van der Waals surface area contributed by atoms with Gasteiger partial charge in [-0.2, -0.15) is 0 Å². The highest BCUT2D eigenvalue weighted by Gasteiger charge is 2.14. The summed E-state index contributed by atoms with van der Waals surface area (Å²) in [5, 5.41) is 2.83. The molecular formula is C16H17N3OS. The molecule has 2 aromatic rings. The largest absolute Gasteiger partial charge is 0.335 e. The molecule has 0 aliphatic rings. The maximum atomic E-state index is 12.2. The minimum atomic E-state index is 0.0291. The Morgan fingerprint density at radius 1 is 1.24 bits per heavy atom. The van der Waals surface area contributed by atoms with Crippen molar-refractivity contribution in [2.75, 3.05) is 13.1 Å². The van der Waals surface area contributed by atoms with Crippen LogP contribution in [0.1, 0.15) is 5.69 Å². The Labute approximate surface area is 128 Å². The lowest BCUT2D eigenvalue weighted by molar-refractivity contribution is -0.129. The van der Waals surface area contributed by atoms with Gasteiger partial charge >= 0.3 is 0 Å². The number of amides is 1. The van der Waals surface area contributed by atoms with Crippen molar-refractivity contribution in [2.24, 2.45) is 0 Å². The van der Waals surface area contributed by atoms with Crippen LogP contribution in [0.5, 0.6) is 0 Å². The zero-order valence-electron chi connectivity index (χ0n) is 11.7. The van der Waals surface area contributed by atoms with Crippen molar-refractivity contribution in [3.8, 4) is 10.6 Å². The van der Waals surface area contributed by atoms with Gasteiger partial charge in [0.1, 0.15) is 5.01 Å². The van der Waals surface area contributed by atoms with Gasteiger partial charge in [0.25, 0.3) is 0 Å². The first kappa shape index (κ1) is 15.1. The third-order valence-electron chi connectivity index (χ3n) is 2.86. The first-order valence-corrected chi connectivity index (χ1v) is 7.47. The molecule has 2 aromatic heterocycles. The van der Waals surface area contributed by atoms with E-state index in [1.54, 1.807) is 29.4 Å². The van der Waals surface area contributed by atoms with Gasteiger partial charge in [-0.15, -0.1) is 24.5 Å². The predicted octanol–water partition coefficient (Wildman–Crippen LogP) is 2.95. The maximum absolute atomic E-state index is 12.2. The highest BCUT2D eigenvalue weighted by Crippen LogP contribution is 2.23. The lowest BCUT2D eigenvalue weighted by Gasteiger charge is -2.18. The average molecular weight is 299 g/mol. The number of nitrogens with zero attached hydrogens (tertiary/aromatic N) is 3. The minimum absolute atomic E-state index is 0.0291. The first-order valence-electron chi connectivity index (χ1n) is 6.59. The molecule has 5 heteroatoms. The molecule has 2 heterocycles. The summed E-state index contributed by atoms with van der Waals surface area (Å²) in [5.41, 5.74) is 1.80. The van der Waals surface area contributed by atoms with E-state index in [-0.39, 0.29) is 5.91 Å². The van der Waals surface area contributed by atoms with Crippen molar-refractivity contribution in [2.45, 2.75) is 6.42 Å². The minimum Gasteiger partial charge on any atom is -0.335 e. The summed E-state index contributed by atoms with van der Waals surface area (Å²) < 4.78 is 0. The molecule has 0 spiro atoms. The van der Waals surface area contributed by atoms with Crippen molar-refractivity contribution < 1.29 is 4.79 Å². The fourth-order valence-corrected chi connectivity index (χ4v) is 2.70.